The smallest absolute Gasteiger partial charge is 0.137 e. The lowest BCUT2D eigenvalue weighted by atomic mass is 10.1. The van der Waals surface area contributed by atoms with Crippen LogP contribution >= 0.6 is 11.6 Å². The van der Waals surface area contributed by atoms with Crippen molar-refractivity contribution in [2.45, 2.75) is 13.8 Å². The predicted octanol–water partition coefficient (Wildman–Crippen LogP) is 5.00. The van der Waals surface area contributed by atoms with Crippen LogP contribution in [0.3, 0.4) is 0 Å². The van der Waals surface area contributed by atoms with Gasteiger partial charge in [-0.05, 0) is 43.7 Å². The van der Waals surface area contributed by atoms with E-state index < -0.39 is 0 Å². The first kappa shape index (κ1) is 12.9. The number of pyridine rings is 1. The van der Waals surface area contributed by atoms with E-state index in [1.54, 1.807) is 0 Å². The SMILES string of the molecule is C=C(C)c1ccn2c(-c3cc(C)ccc3Cl)cnc2c1. The number of fused-ring (bicyclic) bond motifs is 1. The van der Waals surface area contributed by atoms with Gasteiger partial charge in [-0.2, -0.15) is 0 Å². The Morgan fingerprint density at radius 1 is 1.25 bits per heavy atom. The molecule has 0 fully saturated rings. The van der Waals surface area contributed by atoms with Crippen molar-refractivity contribution in [1.29, 1.82) is 0 Å². The molecule has 2 heterocycles. The van der Waals surface area contributed by atoms with Crippen LogP contribution in [0, 0.1) is 6.92 Å². The van der Waals surface area contributed by atoms with Gasteiger partial charge in [-0.3, -0.25) is 4.40 Å². The minimum atomic E-state index is 0.737. The molecule has 0 saturated carbocycles. The second-order valence-corrected chi connectivity index (χ2v) is 5.46. The van der Waals surface area contributed by atoms with Crippen LogP contribution in [0.15, 0.2) is 49.3 Å². The van der Waals surface area contributed by atoms with Crippen molar-refractivity contribution >= 4 is 22.8 Å². The van der Waals surface area contributed by atoms with E-state index in [0.29, 0.717) is 0 Å². The van der Waals surface area contributed by atoms with Crippen molar-refractivity contribution in [2.75, 3.05) is 0 Å². The lowest BCUT2D eigenvalue weighted by molar-refractivity contribution is 1.18. The molecule has 0 radical (unpaired) electrons. The Bertz CT molecular complexity index is 815. The minimum absolute atomic E-state index is 0.737. The molecular weight excluding hydrogens is 268 g/mol. The zero-order chi connectivity index (χ0) is 14.3. The molecule has 0 atom stereocenters. The lowest BCUT2D eigenvalue weighted by Gasteiger charge is -2.07. The van der Waals surface area contributed by atoms with Crippen molar-refractivity contribution in [1.82, 2.24) is 9.38 Å². The summed E-state index contributed by atoms with van der Waals surface area (Å²) in [6.45, 7) is 8.02. The lowest BCUT2D eigenvalue weighted by Crippen LogP contribution is -1.91. The number of halogens is 1. The van der Waals surface area contributed by atoms with Crippen molar-refractivity contribution < 1.29 is 0 Å². The van der Waals surface area contributed by atoms with Crippen molar-refractivity contribution in [3.8, 4) is 11.3 Å². The first-order chi connectivity index (χ1) is 9.56. The summed E-state index contributed by atoms with van der Waals surface area (Å²) in [5.41, 5.74) is 6.22. The summed E-state index contributed by atoms with van der Waals surface area (Å²) in [6, 6.07) is 10.1. The molecule has 3 rings (SSSR count). The van der Waals surface area contributed by atoms with Crippen molar-refractivity contribution in [2.24, 2.45) is 0 Å². The van der Waals surface area contributed by atoms with E-state index in [9.17, 15) is 0 Å². The number of hydrogen-bond acceptors (Lipinski definition) is 1. The molecule has 0 aliphatic carbocycles. The van der Waals surface area contributed by atoms with E-state index >= 15 is 0 Å². The fourth-order valence-corrected chi connectivity index (χ4v) is 2.50. The number of nitrogens with zero attached hydrogens (tertiary/aromatic N) is 2. The number of rotatable bonds is 2. The Morgan fingerprint density at radius 3 is 2.80 bits per heavy atom. The molecule has 0 aliphatic heterocycles. The van der Waals surface area contributed by atoms with Gasteiger partial charge in [-0.15, -0.1) is 0 Å². The first-order valence-electron chi connectivity index (χ1n) is 6.46. The molecule has 0 N–H and O–H groups in total. The van der Waals surface area contributed by atoms with Crippen molar-refractivity contribution in [3.05, 3.63) is 65.5 Å². The van der Waals surface area contributed by atoms with Crippen LogP contribution in [0.5, 0.6) is 0 Å². The van der Waals surface area contributed by atoms with Crippen molar-refractivity contribution in [3.63, 3.8) is 0 Å². The Hall–Kier alpha value is -2.06. The Morgan fingerprint density at radius 2 is 2.05 bits per heavy atom. The number of hydrogen-bond donors (Lipinski definition) is 0. The molecule has 1 aromatic carbocycles. The molecular formula is C17H15ClN2. The number of aromatic nitrogens is 2. The molecule has 20 heavy (non-hydrogen) atoms. The molecule has 2 aromatic heterocycles. The van der Waals surface area contributed by atoms with Gasteiger partial charge in [0.15, 0.2) is 0 Å². The maximum Gasteiger partial charge on any atom is 0.137 e. The summed E-state index contributed by atoms with van der Waals surface area (Å²) in [6.07, 6.45) is 3.87. The second kappa shape index (κ2) is 4.80. The zero-order valence-electron chi connectivity index (χ0n) is 11.5. The molecule has 0 unspecified atom stereocenters. The zero-order valence-corrected chi connectivity index (χ0v) is 12.3. The van der Waals surface area contributed by atoms with Gasteiger partial charge in [0.05, 0.1) is 11.9 Å². The third kappa shape index (κ3) is 2.12. The van der Waals surface area contributed by atoms with Gasteiger partial charge in [-0.25, -0.2) is 4.98 Å². The highest BCUT2D eigenvalue weighted by Crippen LogP contribution is 2.29. The van der Waals surface area contributed by atoms with Crippen LogP contribution < -0.4 is 0 Å². The molecule has 0 saturated heterocycles. The highest BCUT2D eigenvalue weighted by atomic mass is 35.5. The molecule has 0 aliphatic rings. The molecule has 100 valence electrons. The Labute approximate surface area is 123 Å². The van der Waals surface area contributed by atoms with Crippen LogP contribution in [0.4, 0.5) is 0 Å². The van der Waals surface area contributed by atoms with Crippen LogP contribution in [-0.2, 0) is 0 Å². The molecule has 0 spiro atoms. The molecule has 3 aromatic rings. The average Bonchev–Trinajstić information content (AvgIpc) is 2.84. The van der Waals surface area contributed by atoms with Crippen LogP contribution in [-0.4, -0.2) is 9.38 Å². The highest BCUT2D eigenvalue weighted by Gasteiger charge is 2.10. The fraction of sp³-hybridized carbons (Fsp3) is 0.118. The van der Waals surface area contributed by atoms with Gasteiger partial charge < -0.3 is 0 Å². The number of allylic oxidation sites excluding steroid dienone is 1. The monoisotopic (exact) mass is 282 g/mol. The van der Waals surface area contributed by atoms with E-state index in [2.05, 4.69) is 24.6 Å². The van der Waals surface area contributed by atoms with E-state index in [-0.39, 0.29) is 0 Å². The summed E-state index contributed by atoms with van der Waals surface area (Å²) in [4.78, 5) is 4.47. The quantitative estimate of drug-likeness (QED) is 0.647. The van der Waals surface area contributed by atoms with Crippen LogP contribution in [0.2, 0.25) is 5.02 Å². The average molecular weight is 283 g/mol. The van der Waals surface area contributed by atoms with Gasteiger partial charge in [-0.1, -0.05) is 35.4 Å². The molecule has 3 heteroatoms. The topological polar surface area (TPSA) is 17.3 Å². The Balaban J connectivity index is 2.22. The summed E-state index contributed by atoms with van der Waals surface area (Å²) in [5.74, 6) is 0. The largest absolute Gasteiger partial charge is 0.300 e. The maximum absolute atomic E-state index is 6.31. The summed E-state index contributed by atoms with van der Waals surface area (Å²) in [5, 5.41) is 0.737. The van der Waals surface area contributed by atoms with Gasteiger partial charge in [0.2, 0.25) is 0 Å². The summed E-state index contributed by atoms with van der Waals surface area (Å²) >= 11 is 6.31. The number of aryl methyl sites for hydroxylation is 1. The van der Waals surface area contributed by atoms with Crippen LogP contribution in [0.1, 0.15) is 18.1 Å². The van der Waals surface area contributed by atoms with Gasteiger partial charge in [0, 0.05) is 16.8 Å². The predicted molar refractivity (Wildman–Crippen MR) is 85.1 cm³/mol. The number of benzene rings is 1. The maximum atomic E-state index is 6.31. The fourth-order valence-electron chi connectivity index (χ4n) is 2.28. The third-order valence-corrected chi connectivity index (χ3v) is 3.73. The van der Waals surface area contributed by atoms with E-state index in [4.69, 9.17) is 11.6 Å². The summed E-state index contributed by atoms with van der Waals surface area (Å²) < 4.78 is 2.05. The molecule has 0 amide bonds. The third-order valence-electron chi connectivity index (χ3n) is 3.40. The summed E-state index contributed by atoms with van der Waals surface area (Å²) in [7, 11) is 0. The van der Waals surface area contributed by atoms with E-state index in [1.165, 1.54) is 5.56 Å². The normalized spacial score (nSPS) is 10.9. The first-order valence-corrected chi connectivity index (χ1v) is 6.83. The molecule has 2 nitrogen and oxygen atoms in total. The van der Waals surface area contributed by atoms with E-state index in [0.717, 1.165) is 33.1 Å². The number of imidazole rings is 1. The molecule has 0 bridgehead atoms. The van der Waals surface area contributed by atoms with Gasteiger partial charge in [0.25, 0.3) is 0 Å². The minimum Gasteiger partial charge on any atom is -0.300 e. The highest BCUT2D eigenvalue weighted by molar-refractivity contribution is 6.33. The standard InChI is InChI=1S/C17H15ClN2/c1-11(2)13-6-7-20-16(10-19-17(20)9-13)14-8-12(3)4-5-15(14)18/h4-10H,1H2,2-3H3. The Kier molecular flexibility index (Phi) is 3.11. The van der Waals surface area contributed by atoms with E-state index in [1.807, 2.05) is 48.0 Å². The van der Waals surface area contributed by atoms with Gasteiger partial charge in [0.1, 0.15) is 5.65 Å². The van der Waals surface area contributed by atoms with Crippen LogP contribution in [0.25, 0.3) is 22.5 Å². The second-order valence-electron chi connectivity index (χ2n) is 5.05. The van der Waals surface area contributed by atoms with Gasteiger partial charge >= 0.3 is 0 Å².